The summed E-state index contributed by atoms with van der Waals surface area (Å²) in [6, 6.07) is 14.0. The van der Waals surface area contributed by atoms with Gasteiger partial charge in [0.1, 0.15) is 11.9 Å². The first-order chi connectivity index (χ1) is 8.83. The van der Waals surface area contributed by atoms with Gasteiger partial charge in [0.2, 0.25) is 5.88 Å². The third kappa shape index (κ3) is 2.16. The summed E-state index contributed by atoms with van der Waals surface area (Å²) in [5.41, 5.74) is 8.34. The van der Waals surface area contributed by atoms with Crippen molar-refractivity contribution in [3.63, 3.8) is 0 Å². The Morgan fingerprint density at radius 1 is 1.11 bits per heavy atom. The summed E-state index contributed by atoms with van der Waals surface area (Å²) in [6.07, 6.45) is 3.43. The summed E-state index contributed by atoms with van der Waals surface area (Å²) in [4.78, 5) is 4.20. The van der Waals surface area contributed by atoms with Gasteiger partial charge in [0.15, 0.2) is 0 Å². The Bertz CT molecular complexity index is 554. The van der Waals surface area contributed by atoms with Crippen molar-refractivity contribution in [3.8, 4) is 5.88 Å². The number of hydrogen-bond donors (Lipinski definition) is 1. The lowest BCUT2D eigenvalue weighted by molar-refractivity contribution is 0.176. The maximum atomic E-state index is 5.97. The molecule has 3 rings (SSSR count). The highest BCUT2D eigenvalue weighted by Crippen LogP contribution is 2.32. The van der Waals surface area contributed by atoms with Gasteiger partial charge in [0.05, 0.1) is 0 Å². The highest BCUT2D eigenvalue weighted by molar-refractivity contribution is 5.34. The number of benzene rings is 1. The molecule has 0 saturated carbocycles. The number of pyridine rings is 1. The smallest absolute Gasteiger partial charge is 0.215 e. The van der Waals surface area contributed by atoms with Gasteiger partial charge >= 0.3 is 0 Å². The molecule has 2 aromatic rings. The maximum Gasteiger partial charge on any atom is 0.215 e. The van der Waals surface area contributed by atoms with Crippen LogP contribution in [0.25, 0.3) is 0 Å². The minimum Gasteiger partial charge on any atom is -0.469 e. The number of ether oxygens (including phenoxy) is 1. The quantitative estimate of drug-likeness (QED) is 0.877. The van der Waals surface area contributed by atoms with Crippen LogP contribution in [-0.4, -0.2) is 4.98 Å². The average Bonchev–Trinajstić information content (AvgIpc) is 2.39. The van der Waals surface area contributed by atoms with Gasteiger partial charge in [-0.05, 0) is 36.5 Å². The molecule has 3 nitrogen and oxygen atoms in total. The van der Waals surface area contributed by atoms with E-state index in [1.807, 2.05) is 12.1 Å². The van der Waals surface area contributed by atoms with Crippen molar-refractivity contribution in [3.05, 3.63) is 53.6 Å². The van der Waals surface area contributed by atoms with Crippen molar-refractivity contribution in [1.82, 2.24) is 4.98 Å². The summed E-state index contributed by atoms with van der Waals surface area (Å²) >= 11 is 0. The molecular weight excluding hydrogens is 224 g/mol. The molecule has 0 amide bonds. The normalized spacial score (nSPS) is 18.1. The molecule has 1 aromatic heterocycles. The standard InChI is InChI=1S/C15H16N2O/c16-14-9-4-10-15(17-14)18-13-8-3-6-11-5-1-2-7-12(11)13/h1-2,4-5,7,9-10,13H,3,6,8H2,(H2,16,17). The predicted octanol–water partition coefficient (Wildman–Crippen LogP) is 3.12. The van der Waals surface area contributed by atoms with Crippen molar-refractivity contribution in [2.75, 3.05) is 5.73 Å². The first-order valence-electron chi connectivity index (χ1n) is 6.30. The van der Waals surface area contributed by atoms with Gasteiger partial charge in [-0.3, -0.25) is 0 Å². The first-order valence-corrected chi connectivity index (χ1v) is 6.30. The second-order valence-corrected chi connectivity index (χ2v) is 4.60. The predicted molar refractivity (Wildman–Crippen MR) is 71.4 cm³/mol. The Hall–Kier alpha value is -2.03. The summed E-state index contributed by atoms with van der Waals surface area (Å²) in [7, 11) is 0. The fourth-order valence-electron chi connectivity index (χ4n) is 2.47. The van der Waals surface area contributed by atoms with Crippen molar-refractivity contribution in [1.29, 1.82) is 0 Å². The lowest BCUT2D eigenvalue weighted by Gasteiger charge is -2.25. The zero-order valence-corrected chi connectivity index (χ0v) is 10.2. The van der Waals surface area contributed by atoms with Crippen LogP contribution in [0.15, 0.2) is 42.5 Å². The fraction of sp³-hybridized carbons (Fsp3) is 0.267. The number of aromatic nitrogens is 1. The minimum absolute atomic E-state index is 0.101. The highest BCUT2D eigenvalue weighted by Gasteiger charge is 2.21. The topological polar surface area (TPSA) is 48.1 Å². The van der Waals surface area contributed by atoms with Gasteiger partial charge in [-0.15, -0.1) is 0 Å². The van der Waals surface area contributed by atoms with Crippen molar-refractivity contribution >= 4 is 5.82 Å². The van der Waals surface area contributed by atoms with Crippen LogP contribution in [0.1, 0.15) is 30.1 Å². The van der Waals surface area contributed by atoms with Gasteiger partial charge < -0.3 is 10.5 Å². The van der Waals surface area contributed by atoms with Crippen LogP contribution in [0.4, 0.5) is 5.82 Å². The second-order valence-electron chi connectivity index (χ2n) is 4.60. The molecule has 2 N–H and O–H groups in total. The van der Waals surface area contributed by atoms with Crippen LogP contribution in [-0.2, 0) is 6.42 Å². The summed E-state index contributed by atoms with van der Waals surface area (Å²) < 4.78 is 5.97. The van der Waals surface area contributed by atoms with Crippen LogP contribution in [0, 0.1) is 0 Å². The molecular formula is C15H16N2O. The van der Waals surface area contributed by atoms with E-state index in [0.717, 1.165) is 19.3 Å². The van der Waals surface area contributed by atoms with Gasteiger partial charge in [-0.25, -0.2) is 0 Å². The summed E-state index contributed by atoms with van der Waals surface area (Å²) in [5, 5.41) is 0. The van der Waals surface area contributed by atoms with E-state index in [4.69, 9.17) is 10.5 Å². The molecule has 1 aliphatic carbocycles. The monoisotopic (exact) mass is 240 g/mol. The average molecular weight is 240 g/mol. The molecule has 0 bridgehead atoms. The number of nitrogens with two attached hydrogens (primary N) is 1. The van der Waals surface area contributed by atoms with Crippen molar-refractivity contribution in [2.45, 2.75) is 25.4 Å². The van der Waals surface area contributed by atoms with Crippen LogP contribution in [0.3, 0.4) is 0 Å². The Kier molecular flexibility index (Phi) is 2.89. The summed E-state index contributed by atoms with van der Waals surface area (Å²) in [5.74, 6) is 1.10. The number of anilines is 1. The Morgan fingerprint density at radius 3 is 2.89 bits per heavy atom. The van der Waals surface area contributed by atoms with Gasteiger partial charge in [0.25, 0.3) is 0 Å². The fourth-order valence-corrected chi connectivity index (χ4v) is 2.47. The Labute approximate surface area is 107 Å². The number of nitrogens with zero attached hydrogens (tertiary/aromatic N) is 1. The molecule has 1 atom stereocenters. The van der Waals surface area contributed by atoms with Crippen molar-refractivity contribution < 1.29 is 4.74 Å². The molecule has 1 heterocycles. The third-order valence-electron chi connectivity index (χ3n) is 3.32. The Balaban J connectivity index is 1.86. The largest absolute Gasteiger partial charge is 0.469 e. The second kappa shape index (κ2) is 4.69. The van der Waals surface area contributed by atoms with E-state index in [0.29, 0.717) is 11.7 Å². The molecule has 1 aliphatic rings. The van der Waals surface area contributed by atoms with Crippen LogP contribution in [0.2, 0.25) is 0 Å². The van der Waals surface area contributed by atoms with Crippen LogP contribution < -0.4 is 10.5 Å². The number of hydrogen-bond acceptors (Lipinski definition) is 3. The van der Waals surface area contributed by atoms with E-state index >= 15 is 0 Å². The zero-order valence-electron chi connectivity index (χ0n) is 10.2. The molecule has 18 heavy (non-hydrogen) atoms. The van der Waals surface area contributed by atoms with E-state index in [1.54, 1.807) is 6.07 Å². The molecule has 92 valence electrons. The molecule has 1 unspecified atom stereocenters. The molecule has 1 aromatic carbocycles. The molecule has 3 heteroatoms. The lowest BCUT2D eigenvalue weighted by atomic mass is 9.89. The molecule has 0 aliphatic heterocycles. The molecule has 0 saturated heterocycles. The number of aryl methyl sites for hydroxylation is 1. The Morgan fingerprint density at radius 2 is 2.00 bits per heavy atom. The van der Waals surface area contributed by atoms with E-state index < -0.39 is 0 Å². The number of nitrogen functional groups attached to an aromatic ring is 1. The van der Waals surface area contributed by atoms with Gasteiger partial charge in [0, 0.05) is 6.07 Å². The van der Waals surface area contributed by atoms with Crippen LogP contribution in [0.5, 0.6) is 5.88 Å². The third-order valence-corrected chi connectivity index (χ3v) is 3.32. The summed E-state index contributed by atoms with van der Waals surface area (Å²) in [6.45, 7) is 0. The minimum atomic E-state index is 0.101. The van der Waals surface area contributed by atoms with Crippen molar-refractivity contribution in [2.24, 2.45) is 0 Å². The zero-order chi connectivity index (χ0) is 12.4. The lowest BCUT2D eigenvalue weighted by Crippen LogP contribution is -2.15. The van der Waals surface area contributed by atoms with E-state index in [1.165, 1.54) is 11.1 Å². The van der Waals surface area contributed by atoms with Gasteiger partial charge in [-0.2, -0.15) is 4.98 Å². The number of fused-ring (bicyclic) bond motifs is 1. The van der Waals surface area contributed by atoms with E-state index in [2.05, 4.69) is 29.2 Å². The van der Waals surface area contributed by atoms with Crippen LogP contribution >= 0.6 is 0 Å². The molecule has 0 fully saturated rings. The van der Waals surface area contributed by atoms with E-state index in [9.17, 15) is 0 Å². The van der Waals surface area contributed by atoms with E-state index in [-0.39, 0.29) is 6.10 Å². The van der Waals surface area contributed by atoms with Gasteiger partial charge in [-0.1, -0.05) is 30.3 Å². The maximum absolute atomic E-state index is 5.97. The highest BCUT2D eigenvalue weighted by atomic mass is 16.5. The number of rotatable bonds is 2. The SMILES string of the molecule is Nc1cccc(OC2CCCc3ccccc32)n1. The molecule has 0 spiro atoms. The first kappa shape index (κ1) is 11.1. The molecule has 0 radical (unpaired) electrons.